The molecule has 0 radical (unpaired) electrons. The minimum Gasteiger partial charge on any atom is -0.0623 e. The van der Waals surface area contributed by atoms with Gasteiger partial charge in [0.05, 0.1) is 0 Å². The maximum absolute atomic E-state index is 2.39. The highest BCUT2D eigenvalue weighted by Gasteiger charge is 2.24. The van der Waals surface area contributed by atoms with Crippen LogP contribution in [-0.2, 0) is 0 Å². The number of rotatable bonds is 1. The third-order valence-corrected chi connectivity index (χ3v) is 4.07. The van der Waals surface area contributed by atoms with E-state index in [1.807, 2.05) is 36.4 Å². The van der Waals surface area contributed by atoms with Crippen molar-refractivity contribution in [1.29, 1.82) is 0 Å². The largest absolute Gasteiger partial charge is 0.0623 e. The summed E-state index contributed by atoms with van der Waals surface area (Å²) in [6, 6.07) is 18.9. The third-order valence-electron chi connectivity index (χ3n) is 4.07. The van der Waals surface area contributed by atoms with Gasteiger partial charge in [0.15, 0.2) is 0 Å². The van der Waals surface area contributed by atoms with E-state index in [-0.39, 0.29) is 0 Å². The lowest BCUT2D eigenvalue weighted by Crippen LogP contribution is -2.10. The normalized spacial score (nSPS) is 16.7. The first-order valence-electron chi connectivity index (χ1n) is 7.09. The van der Waals surface area contributed by atoms with Crippen molar-refractivity contribution in [3.05, 3.63) is 60.2 Å². The summed E-state index contributed by atoms with van der Waals surface area (Å²) >= 11 is 0. The van der Waals surface area contributed by atoms with Gasteiger partial charge < -0.3 is 0 Å². The first kappa shape index (κ1) is 11.5. The summed E-state index contributed by atoms with van der Waals surface area (Å²) in [5.74, 6) is 0.919. The highest BCUT2D eigenvalue weighted by Crippen LogP contribution is 2.45. The first-order chi connectivity index (χ1) is 8.95. The van der Waals surface area contributed by atoms with Gasteiger partial charge in [-0.25, -0.2) is 0 Å². The lowest BCUT2D eigenvalue weighted by atomic mass is 9.75. The molecule has 3 aliphatic rings. The van der Waals surface area contributed by atoms with Crippen molar-refractivity contribution in [2.45, 2.75) is 38.0 Å². The molecule has 0 amide bonds. The molecule has 0 aliphatic heterocycles. The van der Waals surface area contributed by atoms with Crippen molar-refractivity contribution in [2.24, 2.45) is 0 Å². The Bertz CT molecular complexity index is 466. The Balaban J connectivity index is 0.000000142. The Morgan fingerprint density at radius 3 is 1.72 bits per heavy atom. The molecule has 3 aliphatic carbocycles. The molecule has 0 nitrogen and oxygen atoms in total. The Morgan fingerprint density at radius 1 is 0.722 bits per heavy atom. The van der Waals surface area contributed by atoms with Crippen LogP contribution >= 0.6 is 0 Å². The van der Waals surface area contributed by atoms with Gasteiger partial charge in [0.25, 0.3) is 0 Å². The third kappa shape index (κ3) is 2.33. The van der Waals surface area contributed by atoms with Gasteiger partial charge in [-0.1, -0.05) is 73.9 Å². The molecule has 1 aromatic rings. The van der Waals surface area contributed by atoms with Gasteiger partial charge in [0, 0.05) is 0 Å². The summed E-state index contributed by atoms with van der Waals surface area (Å²) < 4.78 is 0. The first-order valence-corrected chi connectivity index (χ1v) is 7.09. The topological polar surface area (TPSA) is 0 Å². The molecule has 0 atom stereocenters. The van der Waals surface area contributed by atoms with Crippen molar-refractivity contribution >= 4 is 0 Å². The van der Waals surface area contributed by atoms with E-state index in [4.69, 9.17) is 0 Å². The molecular weight excluding hydrogens is 216 g/mol. The molecule has 0 heterocycles. The molecule has 0 saturated heterocycles. The van der Waals surface area contributed by atoms with E-state index in [9.17, 15) is 0 Å². The molecular formula is C18H20. The zero-order chi connectivity index (χ0) is 12.2. The minimum atomic E-state index is 0.919. The van der Waals surface area contributed by atoms with Crippen LogP contribution in [0.15, 0.2) is 54.6 Å². The fourth-order valence-electron chi connectivity index (χ4n) is 2.96. The molecule has 0 spiro atoms. The van der Waals surface area contributed by atoms with Gasteiger partial charge in [-0.2, -0.15) is 0 Å². The number of fused-ring (bicyclic) bond motifs is 1. The van der Waals surface area contributed by atoms with E-state index in [2.05, 4.69) is 18.2 Å². The van der Waals surface area contributed by atoms with Crippen molar-refractivity contribution in [3.63, 3.8) is 0 Å². The predicted molar refractivity (Wildman–Crippen MR) is 77.7 cm³/mol. The van der Waals surface area contributed by atoms with Gasteiger partial charge in [0.1, 0.15) is 0 Å². The quantitative estimate of drug-likeness (QED) is 0.530. The van der Waals surface area contributed by atoms with Crippen LogP contribution in [0.2, 0.25) is 0 Å². The van der Waals surface area contributed by atoms with Crippen molar-refractivity contribution in [1.82, 2.24) is 0 Å². The smallest absolute Gasteiger partial charge is 0.0149 e. The van der Waals surface area contributed by atoms with Crippen LogP contribution in [0.4, 0.5) is 0 Å². The molecule has 1 saturated carbocycles. The molecule has 18 heavy (non-hydrogen) atoms. The standard InChI is InChI=1S/C12H14.C6H6/c1-2-4-9(5-3-1)12-8-10-6-7-11(10)12;1-2-4-6-5-3-1/h6-9H,1-5H2;1-6H. The van der Waals surface area contributed by atoms with Crippen molar-refractivity contribution in [3.8, 4) is 11.1 Å². The minimum absolute atomic E-state index is 0.919. The zero-order valence-electron chi connectivity index (χ0n) is 10.8. The van der Waals surface area contributed by atoms with Crippen LogP contribution in [0.1, 0.15) is 43.6 Å². The molecule has 0 unspecified atom stereocenters. The molecule has 0 heteroatoms. The number of hydrogen-bond acceptors (Lipinski definition) is 0. The van der Waals surface area contributed by atoms with Crippen molar-refractivity contribution in [2.75, 3.05) is 0 Å². The average molecular weight is 236 g/mol. The van der Waals surface area contributed by atoms with Gasteiger partial charge in [-0.3, -0.25) is 0 Å². The molecule has 1 aromatic carbocycles. The predicted octanol–water partition coefficient (Wildman–Crippen LogP) is 5.40. The summed E-state index contributed by atoms with van der Waals surface area (Å²) in [6.07, 6.45) is 7.25. The van der Waals surface area contributed by atoms with Crippen LogP contribution < -0.4 is 0 Å². The second-order valence-electron chi connectivity index (χ2n) is 5.29. The SMILES string of the molecule is c1cc2c(C3CCCCC3)cc1-2.c1ccccc1. The van der Waals surface area contributed by atoms with Crippen LogP contribution in [0.5, 0.6) is 0 Å². The highest BCUT2D eigenvalue weighted by atomic mass is 14.3. The van der Waals surface area contributed by atoms with E-state index in [0.29, 0.717) is 0 Å². The zero-order valence-corrected chi connectivity index (χ0v) is 10.8. The lowest BCUT2D eigenvalue weighted by Gasteiger charge is -2.30. The fourth-order valence-corrected chi connectivity index (χ4v) is 2.96. The monoisotopic (exact) mass is 236 g/mol. The van der Waals surface area contributed by atoms with E-state index in [1.165, 1.54) is 37.7 Å². The van der Waals surface area contributed by atoms with Crippen molar-refractivity contribution < 1.29 is 0 Å². The van der Waals surface area contributed by atoms with Gasteiger partial charge in [-0.05, 0) is 35.4 Å². The summed E-state index contributed by atoms with van der Waals surface area (Å²) in [5, 5.41) is 0. The van der Waals surface area contributed by atoms with Gasteiger partial charge >= 0.3 is 0 Å². The highest BCUT2D eigenvalue weighted by molar-refractivity contribution is 5.81. The molecule has 92 valence electrons. The Labute approximate surface area is 110 Å². The number of benzene rings is 2. The Morgan fingerprint density at radius 2 is 1.33 bits per heavy atom. The summed E-state index contributed by atoms with van der Waals surface area (Å²) in [7, 11) is 0. The Hall–Kier alpha value is -1.56. The lowest BCUT2D eigenvalue weighted by molar-refractivity contribution is 0.443. The molecule has 0 N–H and O–H groups in total. The van der Waals surface area contributed by atoms with E-state index >= 15 is 0 Å². The maximum Gasteiger partial charge on any atom is -0.0149 e. The molecule has 0 bridgehead atoms. The number of hydrogen-bond donors (Lipinski definition) is 0. The fraction of sp³-hybridized carbons (Fsp3) is 0.333. The second kappa shape index (κ2) is 5.39. The van der Waals surface area contributed by atoms with E-state index in [0.717, 1.165) is 5.92 Å². The Kier molecular flexibility index (Phi) is 3.45. The van der Waals surface area contributed by atoms with E-state index in [1.54, 1.807) is 11.1 Å². The summed E-state index contributed by atoms with van der Waals surface area (Å²) in [4.78, 5) is 0. The van der Waals surface area contributed by atoms with Crippen LogP contribution in [0, 0.1) is 0 Å². The second-order valence-corrected chi connectivity index (χ2v) is 5.29. The van der Waals surface area contributed by atoms with Gasteiger partial charge in [-0.15, -0.1) is 0 Å². The molecule has 4 rings (SSSR count). The average Bonchev–Trinajstić information content (AvgIpc) is 2.45. The van der Waals surface area contributed by atoms with Crippen LogP contribution in [0.3, 0.4) is 0 Å². The summed E-state index contributed by atoms with van der Waals surface area (Å²) in [6.45, 7) is 0. The van der Waals surface area contributed by atoms with Crippen LogP contribution in [0.25, 0.3) is 11.1 Å². The molecule has 0 aromatic heterocycles. The summed E-state index contributed by atoms with van der Waals surface area (Å²) in [5.41, 5.74) is 4.77. The van der Waals surface area contributed by atoms with E-state index < -0.39 is 0 Å². The maximum atomic E-state index is 2.39. The van der Waals surface area contributed by atoms with Gasteiger partial charge in [0.2, 0.25) is 0 Å². The van der Waals surface area contributed by atoms with Crippen LogP contribution in [-0.4, -0.2) is 0 Å². The molecule has 1 fully saturated rings.